The van der Waals surface area contributed by atoms with Gasteiger partial charge in [0.05, 0.1) is 22.7 Å². The number of nitrogens with two attached hydrogens (primary N) is 1. The molecule has 0 spiro atoms. The van der Waals surface area contributed by atoms with Crippen LogP contribution in [0.1, 0.15) is 31.0 Å². The van der Waals surface area contributed by atoms with Crippen LogP contribution in [-0.2, 0) is 6.54 Å². The third-order valence-corrected chi connectivity index (χ3v) is 2.86. The number of hydrogen-bond acceptors (Lipinski definition) is 5. The van der Waals surface area contributed by atoms with E-state index in [1.165, 1.54) is 6.07 Å². The Bertz CT molecular complexity index is 606. The van der Waals surface area contributed by atoms with Crippen LogP contribution in [-0.4, -0.2) is 19.9 Å². The highest BCUT2D eigenvalue weighted by molar-refractivity contribution is 5.41. The molecular formula is C12H15N5O2. The molecule has 0 aliphatic heterocycles. The second-order valence-corrected chi connectivity index (χ2v) is 4.56. The zero-order valence-corrected chi connectivity index (χ0v) is 10.8. The van der Waals surface area contributed by atoms with E-state index in [9.17, 15) is 10.1 Å². The van der Waals surface area contributed by atoms with Crippen molar-refractivity contribution in [1.29, 1.82) is 0 Å². The fourth-order valence-electron chi connectivity index (χ4n) is 2.03. The first-order chi connectivity index (χ1) is 9.00. The minimum absolute atomic E-state index is 0.0753. The van der Waals surface area contributed by atoms with Gasteiger partial charge < -0.3 is 5.73 Å². The molecule has 0 amide bonds. The van der Waals surface area contributed by atoms with Crippen molar-refractivity contribution in [3.8, 4) is 0 Å². The Morgan fingerprint density at radius 3 is 2.74 bits per heavy atom. The maximum Gasteiger partial charge on any atom is 0.274 e. The number of aromatic nitrogens is 3. The highest BCUT2D eigenvalue weighted by Gasteiger charge is 2.18. The number of anilines is 1. The van der Waals surface area contributed by atoms with Crippen molar-refractivity contribution >= 4 is 11.5 Å². The molecule has 19 heavy (non-hydrogen) atoms. The summed E-state index contributed by atoms with van der Waals surface area (Å²) >= 11 is 0. The Morgan fingerprint density at radius 2 is 2.11 bits per heavy atom. The lowest BCUT2D eigenvalue weighted by Crippen LogP contribution is -2.10. The highest BCUT2D eigenvalue weighted by atomic mass is 16.6. The molecule has 1 heterocycles. The van der Waals surface area contributed by atoms with E-state index in [1.54, 1.807) is 22.9 Å². The van der Waals surface area contributed by atoms with Gasteiger partial charge in [0.25, 0.3) is 5.69 Å². The van der Waals surface area contributed by atoms with Crippen LogP contribution in [0.15, 0.2) is 24.3 Å². The number of nitro groups is 1. The third-order valence-electron chi connectivity index (χ3n) is 2.86. The fraction of sp³-hybridized carbons (Fsp3) is 0.333. The summed E-state index contributed by atoms with van der Waals surface area (Å²) in [5.74, 6) is 0.520. The summed E-state index contributed by atoms with van der Waals surface area (Å²) in [6.45, 7) is 4.24. The van der Waals surface area contributed by atoms with Gasteiger partial charge in [0, 0.05) is 6.07 Å². The molecule has 2 aromatic rings. The van der Waals surface area contributed by atoms with Crippen molar-refractivity contribution in [2.24, 2.45) is 0 Å². The normalized spacial score (nSPS) is 10.9. The lowest BCUT2D eigenvalue weighted by atomic mass is 10.1. The van der Waals surface area contributed by atoms with Crippen molar-refractivity contribution in [2.75, 3.05) is 5.73 Å². The predicted molar refractivity (Wildman–Crippen MR) is 70.7 cm³/mol. The van der Waals surface area contributed by atoms with Gasteiger partial charge >= 0.3 is 0 Å². The maximum atomic E-state index is 11.0. The summed E-state index contributed by atoms with van der Waals surface area (Å²) in [5.41, 5.74) is 7.21. The summed E-state index contributed by atoms with van der Waals surface area (Å²) in [7, 11) is 0. The average Bonchev–Trinajstić information content (AvgIpc) is 2.71. The van der Waals surface area contributed by atoms with Gasteiger partial charge in [-0.1, -0.05) is 37.3 Å². The molecule has 0 aliphatic rings. The molecule has 0 bridgehead atoms. The molecule has 1 aromatic heterocycles. The SMILES string of the molecule is CC(C)c1c(N)nnn1Cc1ccccc1[N+](=O)[O-]. The molecule has 7 heteroatoms. The van der Waals surface area contributed by atoms with Gasteiger partial charge in [0.1, 0.15) is 0 Å². The van der Waals surface area contributed by atoms with Gasteiger partial charge in [-0.3, -0.25) is 10.1 Å². The first-order valence-electron chi connectivity index (χ1n) is 5.92. The molecule has 0 fully saturated rings. The molecular weight excluding hydrogens is 246 g/mol. The molecule has 0 radical (unpaired) electrons. The van der Waals surface area contributed by atoms with Crippen LogP contribution in [0.3, 0.4) is 0 Å². The Morgan fingerprint density at radius 1 is 1.42 bits per heavy atom. The topological polar surface area (TPSA) is 99.9 Å². The van der Waals surface area contributed by atoms with Crippen LogP contribution < -0.4 is 5.73 Å². The minimum atomic E-state index is -0.398. The Labute approximate surface area is 110 Å². The first kappa shape index (κ1) is 13.0. The summed E-state index contributed by atoms with van der Waals surface area (Å²) in [5, 5.41) is 18.8. The summed E-state index contributed by atoms with van der Waals surface area (Å²) in [6.07, 6.45) is 0. The molecule has 0 aliphatic carbocycles. The van der Waals surface area contributed by atoms with E-state index >= 15 is 0 Å². The van der Waals surface area contributed by atoms with E-state index < -0.39 is 4.92 Å². The molecule has 2 rings (SSSR count). The highest BCUT2D eigenvalue weighted by Crippen LogP contribution is 2.23. The number of nitrogen functional groups attached to an aromatic ring is 1. The lowest BCUT2D eigenvalue weighted by molar-refractivity contribution is -0.385. The second-order valence-electron chi connectivity index (χ2n) is 4.56. The van der Waals surface area contributed by atoms with Gasteiger partial charge in [-0.25, -0.2) is 4.68 Å². The zero-order chi connectivity index (χ0) is 14.0. The number of nitrogens with zero attached hydrogens (tertiary/aromatic N) is 4. The molecule has 0 atom stereocenters. The lowest BCUT2D eigenvalue weighted by Gasteiger charge is -2.09. The molecule has 7 nitrogen and oxygen atoms in total. The maximum absolute atomic E-state index is 11.0. The number of rotatable bonds is 4. The number of benzene rings is 1. The Hall–Kier alpha value is -2.44. The largest absolute Gasteiger partial charge is 0.381 e. The van der Waals surface area contributed by atoms with Crippen LogP contribution in [0.2, 0.25) is 0 Å². The number of nitro benzene ring substituents is 1. The van der Waals surface area contributed by atoms with E-state index in [0.717, 1.165) is 5.69 Å². The van der Waals surface area contributed by atoms with Crippen LogP contribution >= 0.6 is 0 Å². The number of para-hydroxylation sites is 1. The van der Waals surface area contributed by atoms with Gasteiger partial charge in [-0.2, -0.15) is 0 Å². The summed E-state index contributed by atoms with van der Waals surface area (Å²) < 4.78 is 1.61. The second kappa shape index (κ2) is 5.05. The van der Waals surface area contributed by atoms with E-state index in [4.69, 9.17) is 5.73 Å². The molecule has 0 unspecified atom stereocenters. The molecule has 1 aromatic carbocycles. The minimum Gasteiger partial charge on any atom is -0.381 e. The third kappa shape index (κ3) is 2.54. The zero-order valence-electron chi connectivity index (χ0n) is 10.8. The Kier molecular flexibility index (Phi) is 3.46. The van der Waals surface area contributed by atoms with E-state index in [-0.39, 0.29) is 18.2 Å². The monoisotopic (exact) mass is 261 g/mol. The van der Waals surface area contributed by atoms with Crippen LogP contribution in [0, 0.1) is 10.1 Å². The Balaban J connectivity index is 2.40. The molecule has 0 saturated carbocycles. The van der Waals surface area contributed by atoms with E-state index in [0.29, 0.717) is 11.4 Å². The average molecular weight is 261 g/mol. The van der Waals surface area contributed by atoms with Crippen LogP contribution in [0.25, 0.3) is 0 Å². The van der Waals surface area contributed by atoms with E-state index in [2.05, 4.69) is 10.3 Å². The fourth-order valence-corrected chi connectivity index (χ4v) is 2.03. The quantitative estimate of drug-likeness (QED) is 0.669. The summed E-state index contributed by atoms with van der Waals surface area (Å²) in [6, 6.07) is 6.59. The standard InChI is InChI=1S/C12H15N5O2/c1-8(2)11-12(13)14-15-16(11)7-9-5-3-4-6-10(9)17(18)19/h3-6,8H,7,13H2,1-2H3. The summed E-state index contributed by atoms with van der Waals surface area (Å²) in [4.78, 5) is 10.6. The van der Waals surface area contributed by atoms with Crippen molar-refractivity contribution in [2.45, 2.75) is 26.3 Å². The molecule has 0 saturated heterocycles. The van der Waals surface area contributed by atoms with Crippen LogP contribution in [0.4, 0.5) is 11.5 Å². The van der Waals surface area contributed by atoms with E-state index in [1.807, 2.05) is 13.8 Å². The first-order valence-corrected chi connectivity index (χ1v) is 5.92. The smallest absolute Gasteiger partial charge is 0.274 e. The van der Waals surface area contributed by atoms with Crippen LogP contribution in [0.5, 0.6) is 0 Å². The van der Waals surface area contributed by atoms with Gasteiger partial charge in [-0.15, -0.1) is 5.10 Å². The molecule has 100 valence electrons. The van der Waals surface area contributed by atoms with Gasteiger partial charge in [-0.05, 0) is 5.92 Å². The van der Waals surface area contributed by atoms with Crippen molar-refractivity contribution in [3.05, 3.63) is 45.6 Å². The van der Waals surface area contributed by atoms with Crippen molar-refractivity contribution in [1.82, 2.24) is 15.0 Å². The van der Waals surface area contributed by atoms with Crippen molar-refractivity contribution in [3.63, 3.8) is 0 Å². The van der Waals surface area contributed by atoms with Crippen molar-refractivity contribution < 1.29 is 4.92 Å². The number of hydrogen-bond donors (Lipinski definition) is 1. The van der Waals surface area contributed by atoms with Gasteiger partial charge in [0.15, 0.2) is 5.82 Å². The predicted octanol–water partition coefficient (Wildman–Crippen LogP) is 1.94. The molecule has 2 N–H and O–H groups in total. The van der Waals surface area contributed by atoms with Gasteiger partial charge in [0.2, 0.25) is 0 Å².